The van der Waals surface area contributed by atoms with Crippen molar-refractivity contribution in [3.63, 3.8) is 0 Å². The second kappa shape index (κ2) is 8.07. The van der Waals surface area contributed by atoms with E-state index in [4.69, 9.17) is 0 Å². The Morgan fingerprint density at radius 3 is 2.69 bits per heavy atom. The minimum absolute atomic E-state index is 0.0200. The van der Waals surface area contributed by atoms with Crippen LogP contribution in [0.4, 0.5) is 8.78 Å². The van der Waals surface area contributed by atoms with E-state index in [0.717, 1.165) is 37.8 Å². The third kappa shape index (κ3) is 4.44. The van der Waals surface area contributed by atoms with Crippen molar-refractivity contribution in [2.24, 2.45) is 5.92 Å². The number of rotatable bonds is 6. The molecule has 1 aromatic heterocycles. The Balaban J connectivity index is 1.48. The van der Waals surface area contributed by atoms with Crippen LogP contribution < -0.4 is 10.6 Å². The van der Waals surface area contributed by atoms with E-state index in [1.165, 1.54) is 16.9 Å². The highest BCUT2D eigenvalue weighted by Crippen LogP contribution is 2.24. The number of amides is 2. The SMILES string of the molecule is O=C(CNC(=O)C1CCCC1)NCc1cnn(-c2ccc(F)cc2F)c1. The summed E-state index contributed by atoms with van der Waals surface area (Å²) in [6, 6.07) is 3.22. The zero-order valence-corrected chi connectivity index (χ0v) is 14.2. The van der Waals surface area contributed by atoms with Crippen LogP contribution in [0.25, 0.3) is 5.69 Å². The van der Waals surface area contributed by atoms with Gasteiger partial charge < -0.3 is 10.6 Å². The number of benzene rings is 1. The van der Waals surface area contributed by atoms with Crippen molar-refractivity contribution in [2.45, 2.75) is 32.2 Å². The van der Waals surface area contributed by atoms with Crippen molar-refractivity contribution in [3.05, 3.63) is 47.8 Å². The molecule has 1 aliphatic carbocycles. The summed E-state index contributed by atoms with van der Waals surface area (Å²) in [7, 11) is 0. The molecule has 6 nitrogen and oxygen atoms in total. The van der Waals surface area contributed by atoms with Crippen LogP contribution in [0.5, 0.6) is 0 Å². The highest BCUT2D eigenvalue weighted by Gasteiger charge is 2.22. The van der Waals surface area contributed by atoms with Gasteiger partial charge in [0.2, 0.25) is 11.8 Å². The van der Waals surface area contributed by atoms with Gasteiger partial charge in [-0.1, -0.05) is 12.8 Å². The lowest BCUT2D eigenvalue weighted by Gasteiger charge is -2.10. The molecule has 2 amide bonds. The van der Waals surface area contributed by atoms with Gasteiger partial charge in [0.25, 0.3) is 0 Å². The molecule has 2 N–H and O–H groups in total. The van der Waals surface area contributed by atoms with E-state index < -0.39 is 11.6 Å². The third-order valence-corrected chi connectivity index (χ3v) is 4.43. The number of aromatic nitrogens is 2. The van der Waals surface area contributed by atoms with Gasteiger partial charge in [0.15, 0.2) is 5.82 Å². The van der Waals surface area contributed by atoms with Crippen molar-refractivity contribution < 1.29 is 18.4 Å². The topological polar surface area (TPSA) is 76.0 Å². The van der Waals surface area contributed by atoms with E-state index in [2.05, 4.69) is 15.7 Å². The molecule has 0 unspecified atom stereocenters. The molecule has 1 saturated carbocycles. The molecule has 1 fully saturated rings. The molecule has 26 heavy (non-hydrogen) atoms. The molecule has 138 valence electrons. The summed E-state index contributed by atoms with van der Waals surface area (Å²) in [6.07, 6.45) is 6.92. The summed E-state index contributed by atoms with van der Waals surface area (Å²) in [5, 5.41) is 9.33. The second-order valence-corrected chi connectivity index (χ2v) is 6.36. The van der Waals surface area contributed by atoms with Crippen LogP contribution >= 0.6 is 0 Å². The molecular formula is C18H20F2N4O2. The summed E-state index contributed by atoms with van der Waals surface area (Å²) in [4.78, 5) is 23.7. The van der Waals surface area contributed by atoms with Crippen LogP contribution in [-0.2, 0) is 16.1 Å². The molecule has 1 heterocycles. The highest BCUT2D eigenvalue weighted by atomic mass is 19.1. The first kappa shape index (κ1) is 18.0. The van der Waals surface area contributed by atoms with Gasteiger partial charge in [-0.15, -0.1) is 0 Å². The van der Waals surface area contributed by atoms with Gasteiger partial charge >= 0.3 is 0 Å². The fourth-order valence-corrected chi connectivity index (χ4v) is 3.01. The predicted molar refractivity (Wildman–Crippen MR) is 90.3 cm³/mol. The van der Waals surface area contributed by atoms with Crippen LogP contribution in [0.1, 0.15) is 31.2 Å². The van der Waals surface area contributed by atoms with Gasteiger partial charge in [0.05, 0.1) is 12.7 Å². The van der Waals surface area contributed by atoms with Crippen LogP contribution in [-0.4, -0.2) is 28.1 Å². The zero-order valence-electron chi connectivity index (χ0n) is 14.2. The molecule has 1 aliphatic rings. The monoisotopic (exact) mass is 362 g/mol. The first-order chi connectivity index (χ1) is 12.5. The van der Waals surface area contributed by atoms with E-state index in [-0.39, 0.29) is 36.5 Å². The maximum atomic E-state index is 13.8. The summed E-state index contributed by atoms with van der Waals surface area (Å²) >= 11 is 0. The van der Waals surface area contributed by atoms with Gasteiger partial charge in [-0.2, -0.15) is 5.10 Å². The first-order valence-corrected chi connectivity index (χ1v) is 8.56. The number of hydrogen-bond acceptors (Lipinski definition) is 3. The number of nitrogens with one attached hydrogen (secondary N) is 2. The molecule has 8 heteroatoms. The van der Waals surface area contributed by atoms with E-state index in [1.54, 1.807) is 6.20 Å². The normalized spacial score (nSPS) is 14.4. The first-order valence-electron chi connectivity index (χ1n) is 8.56. The smallest absolute Gasteiger partial charge is 0.239 e. The van der Waals surface area contributed by atoms with E-state index in [1.807, 2.05) is 0 Å². The molecule has 2 aromatic rings. The summed E-state index contributed by atoms with van der Waals surface area (Å²) in [5.41, 5.74) is 0.775. The lowest BCUT2D eigenvalue weighted by Crippen LogP contribution is -2.38. The largest absolute Gasteiger partial charge is 0.350 e. The van der Waals surface area contributed by atoms with Gasteiger partial charge in [-0.25, -0.2) is 13.5 Å². The molecule has 3 rings (SSSR count). The summed E-state index contributed by atoms with van der Waals surface area (Å²) < 4.78 is 28.0. The number of hydrogen-bond donors (Lipinski definition) is 2. The zero-order chi connectivity index (χ0) is 18.5. The number of carbonyl (C=O) groups is 2. The van der Waals surface area contributed by atoms with Crippen molar-refractivity contribution in [1.82, 2.24) is 20.4 Å². The molecule has 0 radical (unpaired) electrons. The van der Waals surface area contributed by atoms with Gasteiger partial charge in [0.1, 0.15) is 11.5 Å². The predicted octanol–water partition coefficient (Wildman–Crippen LogP) is 2.07. The number of halogens is 2. The van der Waals surface area contributed by atoms with Crippen LogP contribution in [0, 0.1) is 17.6 Å². The highest BCUT2D eigenvalue weighted by molar-refractivity contribution is 5.85. The Bertz CT molecular complexity index is 800. The van der Waals surface area contributed by atoms with E-state index in [0.29, 0.717) is 5.56 Å². The van der Waals surface area contributed by atoms with Crippen molar-refractivity contribution in [1.29, 1.82) is 0 Å². The fourth-order valence-electron chi connectivity index (χ4n) is 3.01. The van der Waals surface area contributed by atoms with Crippen LogP contribution in [0.15, 0.2) is 30.6 Å². The van der Waals surface area contributed by atoms with Crippen molar-refractivity contribution in [2.75, 3.05) is 6.54 Å². The number of carbonyl (C=O) groups excluding carboxylic acids is 2. The van der Waals surface area contributed by atoms with Gasteiger partial charge in [-0.05, 0) is 25.0 Å². The average Bonchev–Trinajstić information content (AvgIpc) is 3.29. The maximum absolute atomic E-state index is 13.8. The molecule has 0 atom stereocenters. The standard InChI is InChI=1S/C18H20F2N4O2/c19-14-5-6-16(15(20)7-14)24-11-12(9-23-24)8-21-17(25)10-22-18(26)13-3-1-2-4-13/h5-7,9,11,13H,1-4,8,10H2,(H,21,25)(H,22,26). The second-order valence-electron chi connectivity index (χ2n) is 6.36. The minimum atomic E-state index is -0.724. The van der Waals surface area contributed by atoms with Crippen molar-refractivity contribution in [3.8, 4) is 5.69 Å². The Labute approximate surface area is 149 Å². The van der Waals surface area contributed by atoms with E-state index >= 15 is 0 Å². The molecule has 0 spiro atoms. The van der Waals surface area contributed by atoms with E-state index in [9.17, 15) is 18.4 Å². The lowest BCUT2D eigenvalue weighted by molar-refractivity contribution is -0.128. The molecule has 0 aliphatic heterocycles. The maximum Gasteiger partial charge on any atom is 0.239 e. The van der Waals surface area contributed by atoms with Gasteiger partial charge in [-0.3, -0.25) is 9.59 Å². The average molecular weight is 362 g/mol. The summed E-state index contributed by atoms with van der Waals surface area (Å²) in [6.45, 7) is 0.122. The summed E-state index contributed by atoms with van der Waals surface area (Å²) in [5.74, 6) is -1.75. The van der Waals surface area contributed by atoms with Crippen molar-refractivity contribution >= 4 is 11.8 Å². The number of nitrogens with zero attached hydrogens (tertiary/aromatic N) is 2. The third-order valence-electron chi connectivity index (χ3n) is 4.43. The lowest BCUT2D eigenvalue weighted by atomic mass is 10.1. The Hall–Kier alpha value is -2.77. The Morgan fingerprint density at radius 2 is 1.96 bits per heavy atom. The molecule has 0 bridgehead atoms. The Kier molecular flexibility index (Phi) is 5.60. The van der Waals surface area contributed by atoms with Crippen LogP contribution in [0.3, 0.4) is 0 Å². The molecular weight excluding hydrogens is 342 g/mol. The quantitative estimate of drug-likeness (QED) is 0.826. The fraction of sp³-hybridized carbons (Fsp3) is 0.389. The van der Waals surface area contributed by atoms with Crippen LogP contribution in [0.2, 0.25) is 0 Å². The minimum Gasteiger partial charge on any atom is -0.350 e. The molecule has 1 aromatic carbocycles. The molecule has 0 saturated heterocycles. The Morgan fingerprint density at radius 1 is 1.19 bits per heavy atom. The van der Waals surface area contributed by atoms with Gasteiger partial charge in [0, 0.05) is 30.3 Å².